The van der Waals surface area contributed by atoms with Crippen molar-refractivity contribution in [3.8, 4) is 12.3 Å². The summed E-state index contributed by atoms with van der Waals surface area (Å²) in [6, 6.07) is 0. The predicted octanol–water partition coefficient (Wildman–Crippen LogP) is 2.82. The highest BCUT2D eigenvalue weighted by Crippen LogP contribution is 2.61. The number of hydrogen-bond donors (Lipinski definition) is 1. The highest BCUT2D eigenvalue weighted by molar-refractivity contribution is 5.87. The lowest BCUT2D eigenvalue weighted by Crippen LogP contribution is -2.49. The van der Waals surface area contributed by atoms with Crippen molar-refractivity contribution < 1.29 is 14.7 Å². The summed E-state index contributed by atoms with van der Waals surface area (Å²) in [6.45, 7) is 2.10. The van der Waals surface area contributed by atoms with E-state index < -0.39 is 5.60 Å². The summed E-state index contributed by atoms with van der Waals surface area (Å²) in [5.41, 5.74) is 1.03. The zero-order valence-electron chi connectivity index (χ0n) is 13.7. The van der Waals surface area contributed by atoms with Crippen molar-refractivity contribution in [3.63, 3.8) is 0 Å². The summed E-state index contributed by atoms with van der Waals surface area (Å²) in [5.74, 6) is 4.07. The fourth-order valence-electron chi connectivity index (χ4n) is 6.02. The number of fused-ring (bicyclic) bond motifs is 4. The van der Waals surface area contributed by atoms with Gasteiger partial charge in [-0.25, -0.2) is 0 Å². The molecule has 0 aromatic carbocycles. The molecule has 0 aliphatic heterocycles. The summed E-state index contributed by atoms with van der Waals surface area (Å²) >= 11 is 0. The Labute approximate surface area is 137 Å². The molecule has 1 unspecified atom stereocenters. The average molecular weight is 312 g/mol. The molecule has 1 N–H and O–H groups in total. The maximum atomic E-state index is 12.5. The van der Waals surface area contributed by atoms with Gasteiger partial charge in [0.25, 0.3) is 0 Å². The second-order valence-electron chi connectivity index (χ2n) is 8.24. The van der Waals surface area contributed by atoms with Gasteiger partial charge < -0.3 is 5.11 Å². The van der Waals surface area contributed by atoms with Crippen LogP contribution in [-0.4, -0.2) is 22.3 Å². The van der Waals surface area contributed by atoms with Gasteiger partial charge in [0, 0.05) is 30.6 Å². The first-order chi connectivity index (χ1) is 10.9. The number of carbonyl (C=O) groups is 2. The first-order valence-corrected chi connectivity index (χ1v) is 8.86. The number of allylic oxidation sites excluding steroid dienone is 1. The number of hydrogen-bond acceptors (Lipinski definition) is 3. The van der Waals surface area contributed by atoms with Crippen LogP contribution in [0.4, 0.5) is 0 Å². The van der Waals surface area contributed by atoms with Crippen molar-refractivity contribution in [1.29, 1.82) is 0 Å². The maximum Gasteiger partial charge on any atom is 0.139 e. The van der Waals surface area contributed by atoms with E-state index in [-0.39, 0.29) is 23.5 Å². The number of Topliss-reactive ketones (excluding diaryl/α,β-unsaturated/α-hetero) is 2. The molecule has 3 nitrogen and oxygen atoms in total. The standard InChI is InChI=1S/C20H24O3/c1-3-12-10-19(2)15(6-7-17(19)22)14-8-9-20(23)11-13(21)4-5-16(20)18(12)14/h1,12,14-15,23H,4-11H2,2H3/t12?,14-,15-,19-,20+/m0/s1. The number of ketones is 2. The van der Waals surface area contributed by atoms with Gasteiger partial charge in [-0.3, -0.25) is 9.59 Å². The minimum atomic E-state index is -0.966. The van der Waals surface area contributed by atoms with Crippen molar-refractivity contribution in [2.45, 2.75) is 63.9 Å². The molecule has 0 bridgehead atoms. The van der Waals surface area contributed by atoms with Crippen LogP contribution in [-0.2, 0) is 9.59 Å². The van der Waals surface area contributed by atoms with Gasteiger partial charge in [-0.15, -0.1) is 6.42 Å². The molecule has 5 atom stereocenters. The van der Waals surface area contributed by atoms with E-state index in [1.807, 2.05) is 0 Å². The zero-order chi connectivity index (χ0) is 16.4. The van der Waals surface area contributed by atoms with E-state index in [0.29, 0.717) is 49.7 Å². The largest absolute Gasteiger partial charge is 0.385 e. The molecule has 4 rings (SSSR count). The number of aliphatic hydroxyl groups is 1. The normalized spacial score (nSPS) is 46.0. The Bertz CT molecular complexity index is 667. The Morgan fingerprint density at radius 2 is 2.00 bits per heavy atom. The van der Waals surface area contributed by atoms with E-state index in [1.165, 1.54) is 5.57 Å². The van der Waals surface area contributed by atoms with Crippen molar-refractivity contribution in [3.05, 3.63) is 11.1 Å². The maximum absolute atomic E-state index is 12.5. The SMILES string of the molecule is C#CC1C[C@]2(C)C(=O)CC[C@H]2[C@@H]2CC[C@@]3(O)CC(=O)CCC3=C12. The first-order valence-electron chi connectivity index (χ1n) is 8.86. The lowest BCUT2D eigenvalue weighted by Gasteiger charge is -2.52. The molecule has 3 heteroatoms. The Morgan fingerprint density at radius 3 is 2.74 bits per heavy atom. The van der Waals surface area contributed by atoms with Gasteiger partial charge in [-0.2, -0.15) is 0 Å². The summed E-state index contributed by atoms with van der Waals surface area (Å²) < 4.78 is 0. The lowest BCUT2D eigenvalue weighted by molar-refractivity contribution is -0.129. The molecule has 3 fully saturated rings. The van der Waals surface area contributed by atoms with Gasteiger partial charge >= 0.3 is 0 Å². The second kappa shape index (κ2) is 4.80. The van der Waals surface area contributed by atoms with Crippen molar-refractivity contribution in [2.75, 3.05) is 0 Å². The topological polar surface area (TPSA) is 54.4 Å². The van der Waals surface area contributed by atoms with Crippen LogP contribution in [0.3, 0.4) is 0 Å². The van der Waals surface area contributed by atoms with E-state index >= 15 is 0 Å². The smallest absolute Gasteiger partial charge is 0.139 e. The molecule has 3 saturated carbocycles. The predicted molar refractivity (Wildman–Crippen MR) is 86.3 cm³/mol. The lowest BCUT2D eigenvalue weighted by atomic mass is 9.52. The van der Waals surface area contributed by atoms with Crippen LogP contribution in [0.1, 0.15) is 58.3 Å². The quantitative estimate of drug-likeness (QED) is 0.553. The van der Waals surface area contributed by atoms with Crippen molar-refractivity contribution in [2.24, 2.45) is 23.2 Å². The van der Waals surface area contributed by atoms with E-state index in [9.17, 15) is 14.7 Å². The van der Waals surface area contributed by atoms with Crippen LogP contribution in [0.2, 0.25) is 0 Å². The van der Waals surface area contributed by atoms with Gasteiger partial charge in [0.15, 0.2) is 0 Å². The third-order valence-electron chi connectivity index (χ3n) is 7.15. The monoisotopic (exact) mass is 312 g/mol. The molecule has 0 radical (unpaired) electrons. The summed E-state index contributed by atoms with van der Waals surface area (Å²) in [6.07, 6.45) is 11.1. The molecule has 0 heterocycles. The molecule has 0 aromatic rings. The summed E-state index contributed by atoms with van der Waals surface area (Å²) in [4.78, 5) is 24.3. The zero-order valence-corrected chi connectivity index (χ0v) is 13.7. The third-order valence-corrected chi connectivity index (χ3v) is 7.15. The molecule has 4 aliphatic carbocycles. The van der Waals surface area contributed by atoms with Gasteiger partial charge in [-0.1, -0.05) is 12.8 Å². The molecule has 23 heavy (non-hydrogen) atoms. The average Bonchev–Trinajstić information content (AvgIpc) is 2.80. The Balaban J connectivity index is 1.84. The molecule has 122 valence electrons. The van der Waals surface area contributed by atoms with E-state index in [0.717, 1.165) is 18.4 Å². The number of carbonyl (C=O) groups excluding carboxylic acids is 2. The van der Waals surface area contributed by atoms with Crippen molar-refractivity contribution in [1.82, 2.24) is 0 Å². The van der Waals surface area contributed by atoms with Crippen LogP contribution in [0.5, 0.6) is 0 Å². The molecule has 0 aromatic heterocycles. The Hall–Kier alpha value is -1.40. The van der Waals surface area contributed by atoms with Gasteiger partial charge in [0.05, 0.1) is 5.60 Å². The van der Waals surface area contributed by atoms with Crippen molar-refractivity contribution >= 4 is 11.6 Å². The number of terminal acetylenes is 1. The minimum Gasteiger partial charge on any atom is -0.385 e. The van der Waals surface area contributed by atoms with Crippen LogP contribution in [0.15, 0.2) is 11.1 Å². The minimum absolute atomic E-state index is 0.0571. The van der Waals surface area contributed by atoms with E-state index in [4.69, 9.17) is 6.42 Å². The number of rotatable bonds is 0. The molecule has 0 amide bonds. The summed E-state index contributed by atoms with van der Waals surface area (Å²) in [7, 11) is 0. The molecule has 0 spiro atoms. The molecular formula is C20H24O3. The summed E-state index contributed by atoms with van der Waals surface area (Å²) in [5, 5.41) is 11.1. The fourth-order valence-corrected chi connectivity index (χ4v) is 6.02. The van der Waals surface area contributed by atoms with Crippen LogP contribution in [0.25, 0.3) is 0 Å². The van der Waals surface area contributed by atoms with E-state index in [2.05, 4.69) is 12.8 Å². The Morgan fingerprint density at radius 1 is 1.22 bits per heavy atom. The first kappa shape index (κ1) is 15.1. The molecule has 0 saturated heterocycles. The highest BCUT2D eigenvalue weighted by Gasteiger charge is 2.58. The van der Waals surface area contributed by atoms with Crippen LogP contribution < -0.4 is 0 Å². The molecular weight excluding hydrogens is 288 g/mol. The van der Waals surface area contributed by atoms with Gasteiger partial charge in [0.2, 0.25) is 0 Å². The third kappa shape index (κ3) is 1.94. The fraction of sp³-hybridized carbons (Fsp3) is 0.700. The highest BCUT2D eigenvalue weighted by atomic mass is 16.3. The van der Waals surface area contributed by atoms with Gasteiger partial charge in [0.1, 0.15) is 11.6 Å². The van der Waals surface area contributed by atoms with Crippen LogP contribution >= 0.6 is 0 Å². The van der Waals surface area contributed by atoms with E-state index in [1.54, 1.807) is 0 Å². The molecule has 4 aliphatic rings. The van der Waals surface area contributed by atoms with Crippen LogP contribution in [0, 0.1) is 35.5 Å². The second-order valence-corrected chi connectivity index (χ2v) is 8.24. The van der Waals surface area contributed by atoms with Gasteiger partial charge in [-0.05, 0) is 55.1 Å². The Kier molecular flexibility index (Phi) is 3.16.